The number of thiol groups is 1. The average molecular weight is 211 g/mol. The molecule has 2 heterocycles. The number of aromatic nitrogens is 3. The van der Waals surface area contributed by atoms with Crippen molar-refractivity contribution in [1.82, 2.24) is 14.6 Å². The van der Waals surface area contributed by atoms with E-state index in [1.807, 2.05) is 0 Å². The molecule has 2 N–H and O–H groups in total. The molecule has 0 aliphatic carbocycles. The van der Waals surface area contributed by atoms with Gasteiger partial charge in [-0.15, -0.1) is 12.6 Å². The summed E-state index contributed by atoms with van der Waals surface area (Å²) < 4.78 is 1.51. The third-order valence-corrected chi connectivity index (χ3v) is 2.23. The van der Waals surface area contributed by atoms with Gasteiger partial charge in [0.05, 0.1) is 30.1 Å². The van der Waals surface area contributed by atoms with Gasteiger partial charge in [-0.2, -0.15) is 5.10 Å². The molecule has 0 spiro atoms. The van der Waals surface area contributed by atoms with Crippen molar-refractivity contribution in [2.75, 3.05) is 0 Å². The third kappa shape index (κ3) is 1.37. The number of aliphatic hydroxyl groups excluding tert-OH is 2. The smallest absolute Gasteiger partial charge is 0.162 e. The average Bonchev–Trinajstić information content (AvgIpc) is 2.61. The third-order valence-electron chi connectivity index (χ3n) is 1.91. The van der Waals surface area contributed by atoms with Crippen LogP contribution in [0.5, 0.6) is 0 Å². The van der Waals surface area contributed by atoms with Crippen LogP contribution in [0.3, 0.4) is 0 Å². The molecule has 2 aromatic heterocycles. The van der Waals surface area contributed by atoms with Crippen LogP contribution in [0.1, 0.15) is 11.3 Å². The van der Waals surface area contributed by atoms with E-state index in [-0.39, 0.29) is 13.2 Å². The number of hydrogen-bond acceptors (Lipinski definition) is 5. The molecule has 74 valence electrons. The Morgan fingerprint density at radius 1 is 1.36 bits per heavy atom. The highest BCUT2D eigenvalue weighted by Gasteiger charge is 2.08. The van der Waals surface area contributed by atoms with Gasteiger partial charge in [0.1, 0.15) is 0 Å². The fraction of sp³-hybridized carbons (Fsp3) is 0.250. The predicted octanol–water partition coefficient (Wildman–Crippen LogP) is 0.00260. The Balaban J connectivity index is 2.73. The van der Waals surface area contributed by atoms with E-state index >= 15 is 0 Å². The lowest BCUT2D eigenvalue weighted by Crippen LogP contribution is -1.99. The predicted molar refractivity (Wildman–Crippen MR) is 52.1 cm³/mol. The van der Waals surface area contributed by atoms with E-state index in [0.29, 0.717) is 21.9 Å². The molecule has 0 radical (unpaired) electrons. The summed E-state index contributed by atoms with van der Waals surface area (Å²) >= 11 is 4.19. The van der Waals surface area contributed by atoms with Gasteiger partial charge >= 0.3 is 0 Å². The lowest BCUT2D eigenvalue weighted by atomic mass is 10.3. The quantitative estimate of drug-likeness (QED) is 0.483. The molecule has 0 saturated heterocycles. The summed E-state index contributed by atoms with van der Waals surface area (Å²) in [6.07, 6.45) is 1.53. The zero-order valence-corrected chi connectivity index (χ0v) is 8.15. The van der Waals surface area contributed by atoms with Crippen molar-refractivity contribution >= 4 is 18.3 Å². The highest BCUT2D eigenvalue weighted by atomic mass is 32.1. The lowest BCUT2D eigenvalue weighted by molar-refractivity contribution is 0.275. The Bertz CT molecular complexity index is 469. The maximum atomic E-state index is 9.00. The summed E-state index contributed by atoms with van der Waals surface area (Å²) in [6.45, 7) is -0.279. The summed E-state index contributed by atoms with van der Waals surface area (Å²) in [5, 5.41) is 22.5. The number of hydrogen-bond donors (Lipinski definition) is 3. The first-order valence-corrected chi connectivity index (χ1v) is 4.48. The van der Waals surface area contributed by atoms with Crippen molar-refractivity contribution in [1.29, 1.82) is 0 Å². The standard InChI is InChI=1S/C8H9N3O2S/c12-3-5-2-9-11-7(14)1-6(4-13)10-8(5)11/h1-2,12-14H,3-4H2. The molecule has 0 unspecified atom stereocenters. The first-order valence-electron chi connectivity index (χ1n) is 4.03. The van der Waals surface area contributed by atoms with E-state index in [4.69, 9.17) is 10.2 Å². The van der Waals surface area contributed by atoms with Crippen LogP contribution in [0.4, 0.5) is 0 Å². The van der Waals surface area contributed by atoms with Gasteiger partial charge in [0.25, 0.3) is 0 Å². The van der Waals surface area contributed by atoms with Crippen molar-refractivity contribution in [2.45, 2.75) is 18.2 Å². The highest BCUT2D eigenvalue weighted by Crippen LogP contribution is 2.14. The van der Waals surface area contributed by atoms with E-state index in [1.165, 1.54) is 10.7 Å². The van der Waals surface area contributed by atoms with Gasteiger partial charge in [0.2, 0.25) is 0 Å². The highest BCUT2D eigenvalue weighted by molar-refractivity contribution is 7.80. The normalized spacial score (nSPS) is 11.1. The minimum atomic E-state index is -0.153. The number of fused-ring (bicyclic) bond motifs is 1. The first-order chi connectivity index (χ1) is 6.76. The van der Waals surface area contributed by atoms with Crippen LogP contribution in [0, 0.1) is 0 Å². The molecular formula is C8H9N3O2S. The lowest BCUT2D eigenvalue weighted by Gasteiger charge is -2.01. The maximum absolute atomic E-state index is 9.00. The van der Waals surface area contributed by atoms with Gasteiger partial charge in [-0.05, 0) is 6.07 Å². The van der Waals surface area contributed by atoms with Crippen LogP contribution in [-0.4, -0.2) is 24.8 Å². The van der Waals surface area contributed by atoms with Crippen LogP contribution in [-0.2, 0) is 13.2 Å². The van der Waals surface area contributed by atoms with E-state index in [9.17, 15) is 0 Å². The fourth-order valence-electron chi connectivity index (χ4n) is 1.23. The van der Waals surface area contributed by atoms with Gasteiger partial charge in [0.15, 0.2) is 5.65 Å². The first kappa shape index (κ1) is 9.45. The van der Waals surface area contributed by atoms with Crippen molar-refractivity contribution in [3.05, 3.63) is 23.5 Å². The van der Waals surface area contributed by atoms with E-state index < -0.39 is 0 Å². The van der Waals surface area contributed by atoms with Gasteiger partial charge < -0.3 is 10.2 Å². The number of aliphatic hydroxyl groups is 2. The summed E-state index contributed by atoms with van der Waals surface area (Å²) in [4.78, 5) is 4.13. The zero-order chi connectivity index (χ0) is 10.1. The SMILES string of the molecule is OCc1cc(S)n2ncc(CO)c2n1. The summed E-state index contributed by atoms with van der Waals surface area (Å²) in [5.74, 6) is 0. The Kier molecular flexibility index (Phi) is 2.40. The van der Waals surface area contributed by atoms with Crippen LogP contribution in [0.25, 0.3) is 5.65 Å². The van der Waals surface area contributed by atoms with Crippen molar-refractivity contribution in [2.24, 2.45) is 0 Å². The van der Waals surface area contributed by atoms with Crippen LogP contribution in [0.15, 0.2) is 17.3 Å². The molecule has 0 aliphatic heterocycles. The molecule has 0 amide bonds. The molecule has 14 heavy (non-hydrogen) atoms. The Morgan fingerprint density at radius 3 is 2.79 bits per heavy atom. The Labute approximate surface area is 85.4 Å². The van der Waals surface area contributed by atoms with Crippen molar-refractivity contribution < 1.29 is 10.2 Å². The second kappa shape index (κ2) is 3.56. The van der Waals surface area contributed by atoms with Crippen molar-refractivity contribution in [3.63, 3.8) is 0 Å². The van der Waals surface area contributed by atoms with Crippen LogP contribution in [0.2, 0.25) is 0 Å². The molecule has 5 nitrogen and oxygen atoms in total. The summed E-state index contributed by atoms with van der Waals surface area (Å²) in [5.41, 5.74) is 1.66. The Morgan fingerprint density at radius 2 is 2.14 bits per heavy atom. The van der Waals surface area contributed by atoms with E-state index in [0.717, 1.165) is 0 Å². The molecule has 0 saturated carbocycles. The summed E-state index contributed by atoms with van der Waals surface area (Å²) in [7, 11) is 0. The molecule has 0 fully saturated rings. The van der Waals surface area contributed by atoms with Gasteiger partial charge in [-0.1, -0.05) is 0 Å². The zero-order valence-electron chi connectivity index (χ0n) is 7.25. The Hall–Kier alpha value is -1.11. The molecule has 0 bridgehead atoms. The van der Waals surface area contributed by atoms with Gasteiger partial charge in [0, 0.05) is 5.56 Å². The minimum absolute atomic E-state index is 0.126. The van der Waals surface area contributed by atoms with Gasteiger partial charge in [-0.3, -0.25) is 0 Å². The molecule has 2 aromatic rings. The van der Waals surface area contributed by atoms with Crippen LogP contribution < -0.4 is 0 Å². The maximum Gasteiger partial charge on any atom is 0.162 e. The largest absolute Gasteiger partial charge is 0.391 e. The van der Waals surface area contributed by atoms with Gasteiger partial charge in [-0.25, -0.2) is 9.50 Å². The molecular weight excluding hydrogens is 202 g/mol. The fourth-order valence-corrected chi connectivity index (χ4v) is 1.53. The monoisotopic (exact) mass is 211 g/mol. The minimum Gasteiger partial charge on any atom is -0.391 e. The molecule has 2 rings (SSSR count). The number of nitrogens with zero attached hydrogens (tertiary/aromatic N) is 3. The topological polar surface area (TPSA) is 70.7 Å². The van der Waals surface area contributed by atoms with Crippen LogP contribution >= 0.6 is 12.6 Å². The van der Waals surface area contributed by atoms with E-state index in [2.05, 4.69) is 22.7 Å². The number of rotatable bonds is 2. The second-order valence-corrected chi connectivity index (χ2v) is 3.29. The molecule has 6 heteroatoms. The van der Waals surface area contributed by atoms with E-state index in [1.54, 1.807) is 6.07 Å². The van der Waals surface area contributed by atoms with Crippen molar-refractivity contribution in [3.8, 4) is 0 Å². The summed E-state index contributed by atoms with van der Waals surface area (Å²) in [6, 6.07) is 1.63. The molecule has 0 atom stereocenters. The second-order valence-electron chi connectivity index (χ2n) is 2.83. The molecule has 0 aromatic carbocycles. The molecule has 0 aliphatic rings.